The van der Waals surface area contributed by atoms with Crippen molar-refractivity contribution in [2.24, 2.45) is 0 Å². The fourth-order valence-corrected chi connectivity index (χ4v) is 9.04. The maximum absolute atomic E-state index is 6.40. The van der Waals surface area contributed by atoms with Crippen LogP contribution in [0.5, 0.6) is 11.5 Å². The number of anilines is 3. The van der Waals surface area contributed by atoms with Gasteiger partial charge in [-0.15, -0.1) is 0 Å². The molecule has 9 heteroatoms. The third-order valence-corrected chi connectivity index (χ3v) is 11.8. The van der Waals surface area contributed by atoms with Crippen LogP contribution in [0.4, 0.5) is 17.1 Å². The second kappa shape index (κ2) is 15.0. The van der Waals surface area contributed by atoms with Crippen molar-refractivity contribution in [1.29, 1.82) is 0 Å². The summed E-state index contributed by atoms with van der Waals surface area (Å²) >= 11 is 16.4. The lowest BCUT2D eigenvalue weighted by Crippen LogP contribution is -2.33. The summed E-state index contributed by atoms with van der Waals surface area (Å²) in [6, 6.07) is 28.7. The van der Waals surface area contributed by atoms with E-state index in [0.29, 0.717) is 10.0 Å². The molecule has 0 amide bonds. The van der Waals surface area contributed by atoms with Crippen LogP contribution in [0, 0.1) is 0 Å². The first-order valence-corrected chi connectivity index (χ1v) is 19.1. The maximum atomic E-state index is 6.40. The molecule has 0 radical (unpaired) electrons. The highest BCUT2D eigenvalue weighted by atomic mass is 35.5. The van der Waals surface area contributed by atoms with Crippen molar-refractivity contribution >= 4 is 79.7 Å². The molecule has 4 aromatic carbocycles. The number of hydrogen-bond donors (Lipinski definition) is 0. The molecule has 1 aromatic heterocycles. The van der Waals surface area contributed by atoms with Gasteiger partial charge in [-0.25, -0.2) is 0 Å². The van der Waals surface area contributed by atoms with Gasteiger partial charge in [0.2, 0.25) is 5.52 Å². The minimum Gasteiger partial charge on any atom is -0.497 e. The van der Waals surface area contributed by atoms with Crippen LogP contribution in [0.15, 0.2) is 130 Å². The normalized spacial score (nSPS) is 16.0. The number of ether oxygens (including phenoxy) is 2. The molecule has 2 heterocycles. The van der Waals surface area contributed by atoms with E-state index in [1.165, 1.54) is 47.7 Å². The number of thioether (sulfide) groups is 1. The second-order valence-corrected chi connectivity index (χ2v) is 14.9. The molecule has 0 N–H and O–H groups in total. The first kappa shape index (κ1) is 34.3. The highest BCUT2D eigenvalue weighted by Crippen LogP contribution is 2.48. The topological polar surface area (TPSA) is 28.8 Å². The molecule has 7 rings (SSSR count). The van der Waals surface area contributed by atoms with Crippen molar-refractivity contribution in [3.63, 3.8) is 0 Å². The molecule has 0 bridgehead atoms. The summed E-state index contributed by atoms with van der Waals surface area (Å²) < 4.78 is 14.7. The fraction of sp³-hybridized carbons (Fsp3) is 0.195. The number of allylic oxidation sites excluding steroid dienone is 5. The zero-order valence-electron chi connectivity index (χ0n) is 28.5. The molecule has 0 spiro atoms. The highest BCUT2D eigenvalue weighted by Gasteiger charge is 2.28. The number of methoxy groups -OCH3 is 2. The fourth-order valence-electron chi connectivity index (χ4n) is 6.57. The van der Waals surface area contributed by atoms with Crippen molar-refractivity contribution in [2.45, 2.75) is 38.1 Å². The number of aromatic nitrogens is 1. The number of rotatable bonds is 10. The lowest BCUT2D eigenvalue weighted by Gasteiger charge is -2.28. The Morgan fingerprint density at radius 1 is 0.800 bits per heavy atom. The minimum absolute atomic E-state index is 0.699. The highest BCUT2D eigenvalue weighted by molar-refractivity contribution is 8.03. The van der Waals surface area contributed by atoms with Crippen LogP contribution in [0.3, 0.4) is 0 Å². The van der Waals surface area contributed by atoms with E-state index in [2.05, 4.69) is 101 Å². The molecule has 2 aliphatic rings. The van der Waals surface area contributed by atoms with E-state index in [4.69, 9.17) is 32.7 Å². The van der Waals surface area contributed by atoms with Crippen molar-refractivity contribution in [2.75, 3.05) is 30.6 Å². The Morgan fingerprint density at radius 2 is 1.46 bits per heavy atom. The number of halogens is 2. The van der Waals surface area contributed by atoms with Crippen LogP contribution in [-0.4, -0.2) is 20.8 Å². The Kier molecular flexibility index (Phi) is 10.3. The zero-order chi connectivity index (χ0) is 34.8. The molecular formula is C41H38Cl2N3O2S2+. The summed E-state index contributed by atoms with van der Waals surface area (Å²) in [7, 11) is 3.43. The molecule has 0 fully saturated rings. The molecule has 0 saturated heterocycles. The molecule has 5 nitrogen and oxygen atoms in total. The Labute approximate surface area is 312 Å². The van der Waals surface area contributed by atoms with Crippen LogP contribution in [0.25, 0.3) is 16.3 Å². The van der Waals surface area contributed by atoms with Crippen LogP contribution < -0.4 is 23.8 Å². The molecule has 1 aliphatic heterocycles. The van der Waals surface area contributed by atoms with Gasteiger partial charge < -0.3 is 19.3 Å². The van der Waals surface area contributed by atoms with Crippen LogP contribution in [-0.2, 0) is 6.54 Å². The number of nitrogens with zero attached hydrogens (tertiary/aromatic N) is 3. The number of hydrogen-bond acceptors (Lipinski definition) is 6. The lowest BCUT2D eigenvalue weighted by molar-refractivity contribution is -0.665. The van der Waals surface area contributed by atoms with Crippen molar-refractivity contribution in [3.05, 3.63) is 140 Å². The van der Waals surface area contributed by atoms with E-state index in [-0.39, 0.29) is 0 Å². The first-order valence-electron chi connectivity index (χ1n) is 16.7. The number of thiazole rings is 1. The number of aryl methyl sites for hydroxylation is 1. The molecule has 0 atom stereocenters. The van der Waals surface area contributed by atoms with Gasteiger partial charge in [0.15, 0.2) is 0 Å². The summed E-state index contributed by atoms with van der Waals surface area (Å²) in [5, 5.41) is 3.79. The van der Waals surface area contributed by atoms with Crippen LogP contribution >= 0.6 is 46.3 Å². The standard InChI is InChI=1S/C41H38Cl2N3O2S2/c1-5-44-35-25-33(47-3)19-21-37(35)49-39(44)23-9-27-7-8-28(10-24-40-45(6-2)36-26-34(48-4)20-22-38(36)50-40)41(27)46(31-15-11-29(42)12-16-31)32-17-13-30(43)14-18-32/h9-26H,5-8H2,1-4H3/q+1. The van der Waals surface area contributed by atoms with Gasteiger partial charge in [0.1, 0.15) is 22.7 Å². The Hall–Kier alpha value is -4.14. The molecule has 0 saturated carbocycles. The van der Waals surface area contributed by atoms with Gasteiger partial charge in [0.25, 0.3) is 5.01 Å². The smallest absolute Gasteiger partial charge is 0.262 e. The van der Waals surface area contributed by atoms with Gasteiger partial charge in [-0.05, 0) is 123 Å². The first-order chi connectivity index (χ1) is 24.4. The van der Waals surface area contributed by atoms with Gasteiger partial charge in [0, 0.05) is 45.0 Å². The van der Waals surface area contributed by atoms with E-state index in [9.17, 15) is 0 Å². The van der Waals surface area contributed by atoms with Gasteiger partial charge in [-0.2, -0.15) is 4.57 Å². The predicted octanol–water partition coefficient (Wildman–Crippen LogP) is 11.8. The number of benzene rings is 4. The van der Waals surface area contributed by atoms with E-state index in [1.54, 1.807) is 37.3 Å². The van der Waals surface area contributed by atoms with Crippen molar-refractivity contribution in [1.82, 2.24) is 0 Å². The molecule has 5 aromatic rings. The van der Waals surface area contributed by atoms with E-state index < -0.39 is 0 Å². The van der Waals surface area contributed by atoms with Crippen molar-refractivity contribution in [3.8, 4) is 11.5 Å². The lowest BCUT2D eigenvalue weighted by atomic mass is 10.1. The van der Waals surface area contributed by atoms with E-state index in [1.807, 2.05) is 36.4 Å². The summed E-state index contributed by atoms with van der Waals surface area (Å²) in [5.74, 6) is 1.73. The monoisotopic (exact) mass is 738 g/mol. The Bertz CT molecular complexity index is 2120. The second-order valence-electron chi connectivity index (χ2n) is 11.9. The molecule has 50 heavy (non-hydrogen) atoms. The predicted molar refractivity (Wildman–Crippen MR) is 213 cm³/mol. The van der Waals surface area contributed by atoms with Gasteiger partial charge >= 0.3 is 0 Å². The maximum Gasteiger partial charge on any atom is 0.262 e. The van der Waals surface area contributed by atoms with E-state index in [0.717, 1.165) is 48.8 Å². The summed E-state index contributed by atoms with van der Waals surface area (Å²) in [6.07, 6.45) is 11.0. The molecule has 0 unspecified atom stereocenters. The van der Waals surface area contributed by atoms with Gasteiger partial charge in [-0.3, -0.25) is 0 Å². The average molecular weight is 740 g/mol. The quantitative estimate of drug-likeness (QED) is 0.133. The Morgan fingerprint density at radius 3 is 2.10 bits per heavy atom. The van der Waals surface area contributed by atoms with Gasteiger partial charge in [-0.1, -0.05) is 52.4 Å². The van der Waals surface area contributed by atoms with Gasteiger partial charge in [0.05, 0.1) is 36.7 Å². The third-order valence-electron chi connectivity index (χ3n) is 9.03. The van der Waals surface area contributed by atoms with Crippen molar-refractivity contribution < 1.29 is 14.0 Å². The zero-order valence-corrected chi connectivity index (χ0v) is 31.6. The largest absolute Gasteiger partial charge is 0.497 e. The SMILES string of the molecule is CCN1C(=CC=C2CCC(C=Cc3sc4ccc(OC)cc4[n+]3CC)=C2N(c2ccc(Cl)cc2)c2ccc(Cl)cc2)Sc2ccc(OC)cc21. The number of fused-ring (bicyclic) bond motifs is 2. The van der Waals surface area contributed by atoms with Crippen LogP contribution in [0.2, 0.25) is 10.0 Å². The summed E-state index contributed by atoms with van der Waals surface area (Å²) in [6.45, 7) is 6.10. The third kappa shape index (κ3) is 6.80. The average Bonchev–Trinajstić information content (AvgIpc) is 3.82. The molecular weight excluding hydrogens is 702 g/mol. The van der Waals surface area contributed by atoms with E-state index >= 15 is 0 Å². The summed E-state index contributed by atoms with van der Waals surface area (Å²) in [4.78, 5) is 5.93. The minimum atomic E-state index is 0.699. The van der Waals surface area contributed by atoms with Crippen LogP contribution in [0.1, 0.15) is 31.7 Å². The summed E-state index contributed by atoms with van der Waals surface area (Å²) in [5.41, 5.74) is 8.11. The molecule has 254 valence electrons. The Balaban J connectivity index is 1.36. The molecule has 1 aliphatic carbocycles.